The zero-order chi connectivity index (χ0) is 13.8. The molecule has 4 heteroatoms. The number of nitriles is 1. The van der Waals surface area contributed by atoms with Crippen molar-refractivity contribution in [1.29, 1.82) is 5.26 Å². The Hall–Kier alpha value is -2.22. The van der Waals surface area contributed by atoms with Crippen LogP contribution in [0.25, 0.3) is 0 Å². The number of aliphatic imine (C=N–C) groups is 1. The number of thiophene rings is 2. The first-order chi connectivity index (χ1) is 9.88. The maximum Gasteiger partial charge on any atom is 0.101 e. The van der Waals surface area contributed by atoms with E-state index in [4.69, 9.17) is 4.99 Å². The Morgan fingerprint density at radius 2 is 1.55 bits per heavy atom. The van der Waals surface area contributed by atoms with Crippen molar-refractivity contribution >= 4 is 34.1 Å². The second-order valence-corrected chi connectivity index (χ2v) is 5.94. The van der Waals surface area contributed by atoms with E-state index >= 15 is 0 Å². The zero-order valence-electron chi connectivity index (χ0n) is 10.5. The van der Waals surface area contributed by atoms with Crippen LogP contribution in [-0.2, 0) is 0 Å². The summed E-state index contributed by atoms with van der Waals surface area (Å²) in [6, 6.07) is 17.7. The average molecular weight is 294 g/mol. The van der Waals surface area contributed by atoms with Crippen molar-refractivity contribution in [3.05, 3.63) is 74.6 Å². The maximum atomic E-state index is 9.18. The molecule has 0 atom stereocenters. The maximum absolute atomic E-state index is 9.18. The highest BCUT2D eigenvalue weighted by Gasteiger charge is 2.10. The summed E-state index contributed by atoms with van der Waals surface area (Å²) in [7, 11) is 0. The lowest BCUT2D eigenvalue weighted by Gasteiger charge is -2.03. The molecule has 3 aromatic rings. The minimum atomic E-state index is 0.595. The van der Waals surface area contributed by atoms with Gasteiger partial charge in [0.05, 0.1) is 26.7 Å². The molecule has 2 nitrogen and oxygen atoms in total. The molecule has 1 aromatic carbocycles. The molecule has 0 spiro atoms. The van der Waals surface area contributed by atoms with Crippen LogP contribution in [0.2, 0.25) is 0 Å². The van der Waals surface area contributed by atoms with E-state index in [1.54, 1.807) is 28.7 Å². The van der Waals surface area contributed by atoms with Crippen LogP contribution in [0.3, 0.4) is 0 Å². The first-order valence-electron chi connectivity index (χ1n) is 6.04. The Morgan fingerprint density at radius 1 is 0.900 bits per heavy atom. The van der Waals surface area contributed by atoms with Gasteiger partial charge >= 0.3 is 0 Å². The molecule has 0 unspecified atom stereocenters. The third-order valence-electron chi connectivity index (χ3n) is 2.77. The quantitative estimate of drug-likeness (QED) is 0.636. The van der Waals surface area contributed by atoms with Gasteiger partial charge in [0, 0.05) is 0 Å². The van der Waals surface area contributed by atoms with Crippen molar-refractivity contribution in [3.63, 3.8) is 0 Å². The molecule has 0 amide bonds. The molecule has 0 N–H and O–H groups in total. The molecular weight excluding hydrogens is 284 g/mol. The van der Waals surface area contributed by atoms with Crippen LogP contribution >= 0.6 is 22.7 Å². The minimum absolute atomic E-state index is 0.595. The molecule has 0 saturated heterocycles. The molecule has 3 rings (SSSR count). The number of benzene rings is 1. The summed E-state index contributed by atoms with van der Waals surface area (Å²) in [5, 5.41) is 13.3. The Labute approximate surface area is 125 Å². The molecule has 0 radical (unpaired) electrons. The first-order valence-corrected chi connectivity index (χ1v) is 7.80. The summed E-state index contributed by atoms with van der Waals surface area (Å²) >= 11 is 3.31. The van der Waals surface area contributed by atoms with Gasteiger partial charge in [-0.25, -0.2) is 4.99 Å². The Morgan fingerprint density at radius 3 is 2.10 bits per heavy atom. The largest absolute Gasteiger partial charge is 0.245 e. The fourth-order valence-electron chi connectivity index (χ4n) is 1.84. The number of para-hydroxylation sites is 1. The molecule has 0 bridgehead atoms. The molecule has 0 aliphatic heterocycles. The van der Waals surface area contributed by atoms with Crippen LogP contribution in [0, 0.1) is 11.3 Å². The molecule has 0 aliphatic carbocycles. The first kappa shape index (κ1) is 12.8. The van der Waals surface area contributed by atoms with Gasteiger partial charge < -0.3 is 0 Å². The van der Waals surface area contributed by atoms with E-state index in [2.05, 4.69) is 18.2 Å². The van der Waals surface area contributed by atoms with Crippen LogP contribution in [0.5, 0.6) is 0 Å². The van der Waals surface area contributed by atoms with Crippen molar-refractivity contribution < 1.29 is 0 Å². The van der Waals surface area contributed by atoms with Gasteiger partial charge in [0.15, 0.2) is 0 Å². The minimum Gasteiger partial charge on any atom is -0.245 e. The van der Waals surface area contributed by atoms with Crippen LogP contribution in [-0.4, -0.2) is 5.71 Å². The second-order valence-electron chi connectivity index (χ2n) is 4.04. The van der Waals surface area contributed by atoms with E-state index in [1.165, 1.54) is 0 Å². The molecular formula is C16H10N2S2. The zero-order valence-corrected chi connectivity index (χ0v) is 12.1. The Bertz CT molecular complexity index is 727. The van der Waals surface area contributed by atoms with Gasteiger partial charge in [-0.15, -0.1) is 22.7 Å². The summed E-state index contributed by atoms with van der Waals surface area (Å²) < 4.78 is 0. The van der Waals surface area contributed by atoms with Gasteiger partial charge in [0.1, 0.15) is 6.07 Å². The Kier molecular flexibility index (Phi) is 3.73. The average Bonchev–Trinajstić information content (AvgIpc) is 3.18. The van der Waals surface area contributed by atoms with Crippen molar-refractivity contribution in [1.82, 2.24) is 0 Å². The van der Waals surface area contributed by atoms with Crippen LogP contribution in [0.4, 0.5) is 5.69 Å². The fourth-order valence-corrected chi connectivity index (χ4v) is 3.37. The van der Waals surface area contributed by atoms with Crippen molar-refractivity contribution in [2.45, 2.75) is 0 Å². The molecule has 0 fully saturated rings. The monoisotopic (exact) mass is 294 g/mol. The Balaban J connectivity index is 2.16. The van der Waals surface area contributed by atoms with Crippen LogP contribution in [0.1, 0.15) is 15.3 Å². The topological polar surface area (TPSA) is 36.1 Å². The van der Waals surface area contributed by atoms with Crippen LogP contribution < -0.4 is 0 Å². The van der Waals surface area contributed by atoms with E-state index in [1.807, 2.05) is 41.1 Å². The number of hydrogen-bond donors (Lipinski definition) is 0. The van der Waals surface area contributed by atoms with E-state index < -0.39 is 0 Å². The van der Waals surface area contributed by atoms with Gasteiger partial charge in [0.25, 0.3) is 0 Å². The van der Waals surface area contributed by atoms with Crippen molar-refractivity contribution in [3.8, 4) is 6.07 Å². The molecule has 0 aliphatic rings. The van der Waals surface area contributed by atoms with E-state index in [0.717, 1.165) is 15.5 Å². The smallest absolute Gasteiger partial charge is 0.101 e. The fraction of sp³-hybridized carbons (Fsp3) is 0. The van der Waals surface area contributed by atoms with Crippen molar-refractivity contribution in [2.24, 2.45) is 4.99 Å². The lowest BCUT2D eigenvalue weighted by atomic mass is 10.2. The highest BCUT2D eigenvalue weighted by Crippen LogP contribution is 2.25. The van der Waals surface area contributed by atoms with Crippen molar-refractivity contribution in [2.75, 3.05) is 0 Å². The van der Waals surface area contributed by atoms with Gasteiger partial charge in [-0.2, -0.15) is 5.26 Å². The summed E-state index contributed by atoms with van der Waals surface area (Å²) in [5.41, 5.74) is 2.24. The molecule has 2 heterocycles. The van der Waals surface area contributed by atoms with E-state index in [0.29, 0.717) is 11.3 Å². The lowest BCUT2D eigenvalue weighted by molar-refractivity contribution is 1.43. The molecule has 96 valence electrons. The highest BCUT2D eigenvalue weighted by molar-refractivity contribution is 7.15. The van der Waals surface area contributed by atoms with Gasteiger partial charge in [-0.3, -0.25) is 0 Å². The number of rotatable bonds is 3. The van der Waals surface area contributed by atoms with Gasteiger partial charge in [-0.05, 0) is 35.0 Å². The molecule has 20 heavy (non-hydrogen) atoms. The van der Waals surface area contributed by atoms with Crippen LogP contribution in [0.15, 0.2) is 64.3 Å². The predicted octanol–water partition coefficient (Wildman–Crippen LogP) is 4.85. The summed E-state index contributed by atoms with van der Waals surface area (Å²) in [6.45, 7) is 0. The summed E-state index contributed by atoms with van der Waals surface area (Å²) in [6.07, 6.45) is 0. The summed E-state index contributed by atoms with van der Waals surface area (Å²) in [5.74, 6) is 0. The standard InChI is InChI=1S/C16H10N2S2/c17-11-12-5-1-2-6-13(12)18-16(14-7-3-9-19-14)15-8-4-10-20-15/h1-10H. The summed E-state index contributed by atoms with van der Waals surface area (Å²) in [4.78, 5) is 6.95. The predicted molar refractivity (Wildman–Crippen MR) is 85.1 cm³/mol. The SMILES string of the molecule is N#Cc1ccccc1N=C(c1cccs1)c1cccs1. The molecule has 2 aromatic heterocycles. The third kappa shape index (κ3) is 2.55. The normalized spacial score (nSPS) is 9.95. The highest BCUT2D eigenvalue weighted by atomic mass is 32.1. The van der Waals surface area contributed by atoms with Gasteiger partial charge in [0.2, 0.25) is 0 Å². The van der Waals surface area contributed by atoms with Gasteiger partial charge in [-0.1, -0.05) is 24.3 Å². The third-order valence-corrected chi connectivity index (χ3v) is 4.52. The second kappa shape index (κ2) is 5.83. The lowest BCUT2D eigenvalue weighted by Crippen LogP contribution is -1.97. The number of hydrogen-bond acceptors (Lipinski definition) is 4. The van der Waals surface area contributed by atoms with E-state index in [-0.39, 0.29) is 0 Å². The number of nitrogens with zero attached hydrogens (tertiary/aromatic N) is 2. The van der Waals surface area contributed by atoms with E-state index in [9.17, 15) is 5.26 Å². The molecule has 0 saturated carbocycles.